The summed E-state index contributed by atoms with van der Waals surface area (Å²) in [5, 5.41) is 0. The van der Waals surface area contributed by atoms with Gasteiger partial charge in [-0.2, -0.15) is 0 Å². The van der Waals surface area contributed by atoms with Crippen LogP contribution >= 0.6 is 0 Å². The molecule has 2 unspecified atom stereocenters. The fourth-order valence-electron chi connectivity index (χ4n) is 6.68. The standard InChI is InChI=1S/C32H47NO2/c1-6-24-20-30(29-13-9-8-12-28(24)29)31(35)14-10-7-11-23-18-25-15-16-26(19-23)33(25)21-27(34)17-22(2)32(3,4)5/h8-9,12-13,20,22-26H,6-7,10-11,14-19,21H2,1-5H3/t22-,23?,24?,25-,26+/m1/s1. The number of piperidine rings is 1. The monoisotopic (exact) mass is 477 g/mol. The van der Waals surface area contributed by atoms with E-state index in [1.807, 2.05) is 0 Å². The van der Waals surface area contributed by atoms with Crippen LogP contribution in [-0.2, 0) is 9.59 Å². The molecule has 5 atom stereocenters. The molecule has 2 heterocycles. The lowest BCUT2D eigenvalue weighted by Gasteiger charge is -2.39. The van der Waals surface area contributed by atoms with E-state index in [1.165, 1.54) is 43.2 Å². The van der Waals surface area contributed by atoms with Crippen molar-refractivity contribution in [3.8, 4) is 0 Å². The summed E-state index contributed by atoms with van der Waals surface area (Å²) in [7, 11) is 0. The van der Waals surface area contributed by atoms with Crippen LogP contribution in [0.15, 0.2) is 30.3 Å². The van der Waals surface area contributed by atoms with Crippen molar-refractivity contribution in [2.75, 3.05) is 6.54 Å². The molecule has 0 N–H and O–H groups in total. The van der Waals surface area contributed by atoms with Gasteiger partial charge in [-0.1, -0.05) is 77.8 Å². The van der Waals surface area contributed by atoms with E-state index in [-0.39, 0.29) is 5.41 Å². The maximum atomic E-state index is 13.0. The molecule has 1 aliphatic carbocycles. The Morgan fingerprint density at radius 1 is 1.06 bits per heavy atom. The minimum atomic E-state index is 0.193. The molecule has 0 radical (unpaired) electrons. The summed E-state index contributed by atoms with van der Waals surface area (Å²) in [6, 6.07) is 9.63. The van der Waals surface area contributed by atoms with E-state index in [1.54, 1.807) is 0 Å². The first-order valence-corrected chi connectivity index (χ1v) is 14.3. The molecule has 3 nitrogen and oxygen atoms in total. The molecule has 2 aliphatic heterocycles. The minimum absolute atomic E-state index is 0.193. The molecule has 0 amide bonds. The second kappa shape index (κ2) is 11.1. The number of carbonyl (C=O) groups excluding carboxylic acids is 2. The Hall–Kier alpha value is -1.74. The molecule has 192 valence electrons. The second-order valence-corrected chi connectivity index (χ2v) is 12.8. The van der Waals surface area contributed by atoms with Crippen LogP contribution in [0.3, 0.4) is 0 Å². The van der Waals surface area contributed by atoms with Crippen molar-refractivity contribution in [2.45, 2.75) is 117 Å². The number of unbranched alkanes of at least 4 members (excludes halogenated alkanes) is 1. The van der Waals surface area contributed by atoms with Crippen molar-refractivity contribution in [1.29, 1.82) is 0 Å². The molecule has 1 aromatic rings. The normalized spacial score (nSPS) is 26.9. The highest BCUT2D eigenvalue weighted by Crippen LogP contribution is 2.41. The van der Waals surface area contributed by atoms with E-state index in [0.717, 1.165) is 30.8 Å². The third kappa shape index (κ3) is 6.16. The summed E-state index contributed by atoms with van der Waals surface area (Å²) in [6.45, 7) is 11.8. The highest BCUT2D eigenvalue weighted by molar-refractivity contribution is 6.22. The lowest BCUT2D eigenvalue weighted by Crippen LogP contribution is -2.45. The van der Waals surface area contributed by atoms with E-state index in [2.05, 4.69) is 69.9 Å². The van der Waals surface area contributed by atoms with Gasteiger partial charge in [0.25, 0.3) is 0 Å². The molecule has 35 heavy (non-hydrogen) atoms. The molecule has 3 aliphatic rings. The van der Waals surface area contributed by atoms with Crippen LogP contribution in [0.25, 0.3) is 5.57 Å². The summed E-state index contributed by atoms with van der Waals surface area (Å²) in [4.78, 5) is 28.4. The molecular weight excluding hydrogens is 430 g/mol. The number of benzene rings is 1. The molecule has 2 fully saturated rings. The first-order valence-electron chi connectivity index (χ1n) is 14.3. The van der Waals surface area contributed by atoms with Gasteiger partial charge in [-0.3, -0.25) is 14.5 Å². The lowest BCUT2D eigenvalue weighted by molar-refractivity contribution is -0.123. The summed E-state index contributed by atoms with van der Waals surface area (Å²) < 4.78 is 0. The zero-order valence-corrected chi connectivity index (χ0v) is 22.8. The maximum Gasteiger partial charge on any atom is 0.163 e. The third-order valence-electron chi connectivity index (χ3n) is 9.38. The minimum Gasteiger partial charge on any atom is -0.298 e. The molecule has 0 spiro atoms. The van der Waals surface area contributed by atoms with Gasteiger partial charge in [0.2, 0.25) is 0 Å². The van der Waals surface area contributed by atoms with Crippen LogP contribution < -0.4 is 0 Å². The SMILES string of the molecule is CCC1C=C(C(=O)CCCCC2C[C@H]3CC[C@@H](C2)N3CC(=O)C[C@@H](C)C(C)(C)C)c2ccccc21. The quantitative estimate of drug-likeness (QED) is 0.308. The molecule has 0 aromatic heterocycles. The lowest BCUT2D eigenvalue weighted by atomic mass is 9.79. The summed E-state index contributed by atoms with van der Waals surface area (Å²) in [5.74, 6) is 2.34. The number of rotatable bonds is 11. The number of nitrogens with zero attached hydrogens (tertiary/aromatic N) is 1. The fourth-order valence-corrected chi connectivity index (χ4v) is 6.68. The number of fused-ring (bicyclic) bond motifs is 3. The molecule has 2 saturated heterocycles. The Bertz CT molecular complexity index is 925. The number of Topliss-reactive ketones (excluding diaryl/α,β-unsaturated/α-hetero) is 2. The molecule has 3 heteroatoms. The molecule has 4 rings (SSSR count). The first-order chi connectivity index (χ1) is 16.7. The highest BCUT2D eigenvalue weighted by Gasteiger charge is 2.41. The summed E-state index contributed by atoms with van der Waals surface area (Å²) >= 11 is 0. The van der Waals surface area contributed by atoms with Gasteiger partial charge in [-0.25, -0.2) is 0 Å². The van der Waals surface area contributed by atoms with Crippen molar-refractivity contribution < 1.29 is 9.59 Å². The van der Waals surface area contributed by atoms with Gasteiger partial charge in [0.05, 0.1) is 6.54 Å². The van der Waals surface area contributed by atoms with Gasteiger partial charge in [0.1, 0.15) is 5.78 Å². The second-order valence-electron chi connectivity index (χ2n) is 12.8. The maximum absolute atomic E-state index is 13.0. The van der Waals surface area contributed by atoms with Crippen LogP contribution in [0.1, 0.15) is 116 Å². The Morgan fingerprint density at radius 2 is 1.74 bits per heavy atom. The molecule has 0 saturated carbocycles. The number of hydrogen-bond acceptors (Lipinski definition) is 3. The average Bonchev–Trinajstić information content (AvgIpc) is 3.29. The van der Waals surface area contributed by atoms with Crippen LogP contribution in [0, 0.1) is 17.3 Å². The van der Waals surface area contributed by atoms with Crippen molar-refractivity contribution >= 4 is 17.1 Å². The largest absolute Gasteiger partial charge is 0.298 e. The third-order valence-corrected chi connectivity index (χ3v) is 9.38. The highest BCUT2D eigenvalue weighted by atomic mass is 16.1. The smallest absolute Gasteiger partial charge is 0.163 e. The molecular formula is C32H47NO2. The molecule has 2 bridgehead atoms. The van der Waals surface area contributed by atoms with E-state index in [0.29, 0.717) is 54.9 Å². The van der Waals surface area contributed by atoms with Crippen molar-refractivity contribution in [2.24, 2.45) is 17.3 Å². The van der Waals surface area contributed by atoms with Crippen molar-refractivity contribution in [1.82, 2.24) is 4.90 Å². The Balaban J connectivity index is 1.20. The van der Waals surface area contributed by atoms with Crippen LogP contribution in [0.2, 0.25) is 0 Å². The predicted octanol–water partition coefficient (Wildman–Crippen LogP) is 7.59. The van der Waals surface area contributed by atoms with E-state index in [9.17, 15) is 9.59 Å². The average molecular weight is 478 g/mol. The van der Waals surface area contributed by atoms with Crippen molar-refractivity contribution in [3.63, 3.8) is 0 Å². The van der Waals surface area contributed by atoms with Gasteiger partial charge >= 0.3 is 0 Å². The Morgan fingerprint density at radius 3 is 2.40 bits per heavy atom. The number of ketones is 2. The number of carbonyl (C=O) groups is 2. The van der Waals surface area contributed by atoms with E-state index < -0.39 is 0 Å². The molecule has 1 aromatic carbocycles. The fraction of sp³-hybridized carbons (Fsp3) is 0.688. The van der Waals surface area contributed by atoms with Crippen molar-refractivity contribution in [3.05, 3.63) is 41.5 Å². The topological polar surface area (TPSA) is 37.4 Å². The number of hydrogen-bond donors (Lipinski definition) is 0. The van der Waals surface area contributed by atoms with Gasteiger partial charge in [0.15, 0.2) is 5.78 Å². The number of allylic oxidation sites excluding steroid dienone is 2. The van der Waals surface area contributed by atoms with E-state index in [4.69, 9.17) is 0 Å². The van der Waals surface area contributed by atoms with E-state index >= 15 is 0 Å². The van der Waals surface area contributed by atoms with Crippen LogP contribution in [0.5, 0.6) is 0 Å². The summed E-state index contributed by atoms with van der Waals surface area (Å²) in [5.41, 5.74) is 3.65. The van der Waals surface area contributed by atoms with Crippen LogP contribution in [-0.4, -0.2) is 35.1 Å². The van der Waals surface area contributed by atoms with Gasteiger partial charge in [-0.15, -0.1) is 0 Å². The predicted molar refractivity (Wildman–Crippen MR) is 145 cm³/mol. The van der Waals surface area contributed by atoms with Gasteiger partial charge < -0.3 is 0 Å². The summed E-state index contributed by atoms with van der Waals surface area (Å²) in [6.07, 6.45) is 13.0. The first kappa shape index (κ1) is 26.3. The van der Waals surface area contributed by atoms with Gasteiger partial charge in [-0.05, 0) is 66.9 Å². The van der Waals surface area contributed by atoms with Gasteiger partial charge in [0, 0.05) is 36.4 Å². The Labute approximate surface area is 213 Å². The van der Waals surface area contributed by atoms with Crippen LogP contribution in [0.4, 0.5) is 0 Å². The zero-order valence-electron chi connectivity index (χ0n) is 22.8. The Kier molecular flexibility index (Phi) is 8.36. The zero-order chi connectivity index (χ0) is 25.2.